The number of hydrogen-bond donors (Lipinski definition) is 2. The van der Waals surface area contributed by atoms with Gasteiger partial charge in [-0.15, -0.1) is 0 Å². The van der Waals surface area contributed by atoms with Gasteiger partial charge in [-0.2, -0.15) is 0 Å². The van der Waals surface area contributed by atoms with Gasteiger partial charge in [-0.3, -0.25) is 0 Å². The van der Waals surface area contributed by atoms with Crippen LogP contribution in [0.25, 0.3) is 0 Å². The Kier molecular flexibility index (Phi) is 5.02. The highest BCUT2D eigenvalue weighted by molar-refractivity contribution is 5.37. The van der Waals surface area contributed by atoms with Crippen LogP contribution in [0.4, 0.5) is 0 Å². The summed E-state index contributed by atoms with van der Waals surface area (Å²) in [6, 6.07) is 6.43. The van der Waals surface area contributed by atoms with E-state index in [4.69, 9.17) is 9.84 Å². The van der Waals surface area contributed by atoms with Crippen molar-refractivity contribution < 1.29 is 9.84 Å². The maximum atomic E-state index is 8.74. The number of aryl methyl sites for hydroxylation is 1. The molecule has 100 valence electrons. The predicted octanol–water partition coefficient (Wildman–Crippen LogP) is 1.77. The lowest BCUT2D eigenvalue weighted by molar-refractivity contribution is 0.283. The van der Waals surface area contributed by atoms with Gasteiger partial charge in [0.25, 0.3) is 0 Å². The first kappa shape index (κ1) is 13.4. The molecule has 18 heavy (non-hydrogen) atoms. The van der Waals surface area contributed by atoms with Gasteiger partial charge in [-0.25, -0.2) is 0 Å². The van der Waals surface area contributed by atoms with Gasteiger partial charge in [-0.1, -0.05) is 6.07 Å². The first-order valence-corrected chi connectivity index (χ1v) is 6.81. The van der Waals surface area contributed by atoms with Crippen LogP contribution in [-0.2, 0) is 12.8 Å². The number of ether oxygens (including phenoxy) is 1. The molecule has 0 heterocycles. The van der Waals surface area contributed by atoms with Crippen molar-refractivity contribution in [3.05, 3.63) is 29.3 Å². The van der Waals surface area contributed by atoms with Crippen LogP contribution in [0, 0.1) is 5.92 Å². The minimum Gasteiger partial charge on any atom is -0.497 e. The van der Waals surface area contributed by atoms with Crippen molar-refractivity contribution in [1.82, 2.24) is 5.32 Å². The Bertz CT molecular complexity index is 379. The molecule has 1 atom stereocenters. The summed E-state index contributed by atoms with van der Waals surface area (Å²) in [5.41, 5.74) is 2.91. The number of methoxy groups -OCH3 is 1. The Labute approximate surface area is 109 Å². The standard InChI is InChI=1S/C15H23NO2/c1-18-15-6-5-13-4-3-12(9-14(13)10-15)11-16-7-2-8-17/h5-6,10,12,16-17H,2-4,7-9,11H2,1H3/t12-/m1/s1. The molecule has 3 nitrogen and oxygen atoms in total. The van der Waals surface area contributed by atoms with Crippen LogP contribution >= 0.6 is 0 Å². The summed E-state index contributed by atoms with van der Waals surface area (Å²) in [6.45, 7) is 2.24. The maximum absolute atomic E-state index is 8.74. The zero-order chi connectivity index (χ0) is 12.8. The van der Waals surface area contributed by atoms with Crippen molar-refractivity contribution in [3.63, 3.8) is 0 Å². The quantitative estimate of drug-likeness (QED) is 0.755. The number of aliphatic hydroxyl groups excluding tert-OH is 1. The van der Waals surface area contributed by atoms with Crippen LogP contribution in [0.1, 0.15) is 24.0 Å². The Morgan fingerprint density at radius 3 is 3.06 bits per heavy atom. The molecule has 2 rings (SSSR count). The molecule has 0 radical (unpaired) electrons. The Morgan fingerprint density at radius 1 is 1.39 bits per heavy atom. The average molecular weight is 249 g/mol. The third-order valence-corrected chi connectivity index (χ3v) is 3.69. The van der Waals surface area contributed by atoms with Gasteiger partial charge in [0.15, 0.2) is 0 Å². The molecule has 0 aromatic heterocycles. The SMILES string of the molecule is COc1ccc2c(c1)C[C@H](CNCCCO)CC2. The molecule has 1 aliphatic carbocycles. The molecular formula is C15H23NO2. The van der Waals surface area contributed by atoms with E-state index >= 15 is 0 Å². The molecule has 0 bridgehead atoms. The fourth-order valence-electron chi connectivity index (χ4n) is 2.62. The Hall–Kier alpha value is -1.06. The van der Waals surface area contributed by atoms with Crippen LogP contribution in [0.5, 0.6) is 5.75 Å². The van der Waals surface area contributed by atoms with Gasteiger partial charge in [-0.05, 0) is 68.0 Å². The van der Waals surface area contributed by atoms with Crippen LogP contribution in [0.3, 0.4) is 0 Å². The molecule has 0 amide bonds. The van der Waals surface area contributed by atoms with Crippen LogP contribution in [-0.4, -0.2) is 31.9 Å². The van der Waals surface area contributed by atoms with E-state index in [0.29, 0.717) is 5.92 Å². The van der Waals surface area contributed by atoms with Gasteiger partial charge >= 0.3 is 0 Å². The van der Waals surface area contributed by atoms with Crippen molar-refractivity contribution >= 4 is 0 Å². The molecule has 1 aromatic carbocycles. The zero-order valence-corrected chi connectivity index (χ0v) is 11.1. The fraction of sp³-hybridized carbons (Fsp3) is 0.600. The third kappa shape index (κ3) is 3.47. The van der Waals surface area contributed by atoms with E-state index in [1.807, 2.05) is 0 Å². The van der Waals surface area contributed by atoms with Crippen LogP contribution < -0.4 is 10.1 Å². The fourth-order valence-corrected chi connectivity index (χ4v) is 2.62. The molecular weight excluding hydrogens is 226 g/mol. The molecule has 3 heteroatoms. The van der Waals surface area contributed by atoms with Gasteiger partial charge in [0.1, 0.15) is 5.75 Å². The third-order valence-electron chi connectivity index (χ3n) is 3.69. The molecule has 0 spiro atoms. The van der Waals surface area contributed by atoms with Crippen molar-refractivity contribution in [3.8, 4) is 5.75 Å². The van der Waals surface area contributed by atoms with Crippen molar-refractivity contribution in [2.75, 3.05) is 26.8 Å². The largest absolute Gasteiger partial charge is 0.497 e. The predicted molar refractivity (Wildman–Crippen MR) is 73.1 cm³/mol. The van der Waals surface area contributed by atoms with Crippen LogP contribution in [0.2, 0.25) is 0 Å². The summed E-state index contributed by atoms with van der Waals surface area (Å²) < 4.78 is 5.29. The lowest BCUT2D eigenvalue weighted by Gasteiger charge is -2.25. The summed E-state index contributed by atoms with van der Waals surface area (Å²) in [7, 11) is 1.72. The Morgan fingerprint density at radius 2 is 2.28 bits per heavy atom. The second kappa shape index (κ2) is 6.76. The zero-order valence-electron chi connectivity index (χ0n) is 11.1. The molecule has 0 unspecified atom stereocenters. The highest BCUT2D eigenvalue weighted by Gasteiger charge is 2.18. The number of rotatable bonds is 6. The average Bonchev–Trinajstić information content (AvgIpc) is 2.42. The van der Waals surface area contributed by atoms with E-state index in [2.05, 4.69) is 23.5 Å². The number of hydrogen-bond acceptors (Lipinski definition) is 3. The van der Waals surface area contributed by atoms with E-state index in [1.54, 1.807) is 7.11 Å². The first-order chi connectivity index (χ1) is 8.83. The van der Waals surface area contributed by atoms with Crippen molar-refractivity contribution in [2.24, 2.45) is 5.92 Å². The Balaban J connectivity index is 1.88. The number of nitrogens with one attached hydrogen (secondary N) is 1. The maximum Gasteiger partial charge on any atom is 0.119 e. The van der Waals surface area contributed by atoms with Gasteiger partial charge < -0.3 is 15.2 Å². The summed E-state index contributed by atoms with van der Waals surface area (Å²) in [5.74, 6) is 1.67. The highest BCUT2D eigenvalue weighted by Crippen LogP contribution is 2.28. The summed E-state index contributed by atoms with van der Waals surface area (Å²) in [6.07, 6.45) is 4.41. The minimum absolute atomic E-state index is 0.275. The van der Waals surface area contributed by atoms with E-state index < -0.39 is 0 Å². The normalized spacial score (nSPS) is 18.4. The first-order valence-electron chi connectivity index (χ1n) is 6.81. The minimum atomic E-state index is 0.275. The van der Waals surface area contributed by atoms with E-state index in [9.17, 15) is 0 Å². The molecule has 0 saturated carbocycles. The molecule has 0 fully saturated rings. The molecule has 0 aliphatic heterocycles. The second-order valence-corrected chi connectivity index (χ2v) is 5.02. The molecule has 0 saturated heterocycles. The highest BCUT2D eigenvalue weighted by atomic mass is 16.5. The van der Waals surface area contributed by atoms with Gasteiger partial charge in [0.2, 0.25) is 0 Å². The smallest absolute Gasteiger partial charge is 0.119 e. The summed E-state index contributed by atoms with van der Waals surface area (Å²) in [4.78, 5) is 0. The second-order valence-electron chi connectivity index (χ2n) is 5.02. The van der Waals surface area contributed by atoms with Gasteiger partial charge in [0, 0.05) is 6.61 Å². The number of aliphatic hydroxyl groups is 1. The van der Waals surface area contributed by atoms with Crippen molar-refractivity contribution in [1.29, 1.82) is 0 Å². The van der Waals surface area contributed by atoms with Crippen LogP contribution in [0.15, 0.2) is 18.2 Å². The molecule has 1 aliphatic rings. The summed E-state index contributed by atoms with van der Waals surface area (Å²) >= 11 is 0. The van der Waals surface area contributed by atoms with E-state index in [-0.39, 0.29) is 6.61 Å². The van der Waals surface area contributed by atoms with E-state index in [0.717, 1.165) is 31.7 Å². The topological polar surface area (TPSA) is 41.5 Å². The molecule has 1 aromatic rings. The monoisotopic (exact) mass is 249 g/mol. The van der Waals surface area contributed by atoms with Crippen molar-refractivity contribution in [2.45, 2.75) is 25.7 Å². The summed E-state index contributed by atoms with van der Waals surface area (Å²) in [5, 5.41) is 12.2. The van der Waals surface area contributed by atoms with E-state index in [1.165, 1.54) is 24.0 Å². The lowest BCUT2D eigenvalue weighted by atomic mass is 9.84. The lowest BCUT2D eigenvalue weighted by Crippen LogP contribution is -2.28. The number of benzene rings is 1. The molecule has 2 N–H and O–H groups in total. The van der Waals surface area contributed by atoms with Gasteiger partial charge in [0.05, 0.1) is 7.11 Å². The number of fused-ring (bicyclic) bond motifs is 1.